The van der Waals surface area contributed by atoms with Crippen molar-refractivity contribution in [2.75, 3.05) is 25.1 Å². The molecule has 0 fully saturated rings. The molecule has 0 spiro atoms. The van der Waals surface area contributed by atoms with Gasteiger partial charge in [-0.1, -0.05) is 6.07 Å². The Morgan fingerprint density at radius 3 is 2.86 bits per heavy atom. The molecule has 0 aromatic heterocycles. The van der Waals surface area contributed by atoms with Crippen molar-refractivity contribution in [1.82, 2.24) is 0 Å². The molecule has 1 N–H and O–H groups in total. The summed E-state index contributed by atoms with van der Waals surface area (Å²) in [5, 5.41) is 2.31. The highest BCUT2D eigenvalue weighted by Gasteiger charge is 2.18. The zero-order chi connectivity index (χ0) is 15.2. The monoisotopic (exact) mass is 295 g/mol. The highest BCUT2D eigenvalue weighted by Crippen LogP contribution is 2.15. The summed E-state index contributed by atoms with van der Waals surface area (Å²) in [5.41, 5.74) is 0.761. The van der Waals surface area contributed by atoms with Crippen molar-refractivity contribution in [3.8, 4) is 0 Å². The summed E-state index contributed by atoms with van der Waals surface area (Å²) >= 11 is 0. The molecule has 21 heavy (non-hydrogen) atoms. The maximum Gasteiger partial charge on any atom is 0.377 e. The number of carbonyl (C=O) groups is 2. The third kappa shape index (κ3) is 4.20. The zero-order valence-electron chi connectivity index (χ0n) is 11.3. The van der Waals surface area contributed by atoms with Gasteiger partial charge in [-0.05, 0) is 24.6 Å². The number of hydrogen-bond acceptors (Lipinski definition) is 5. The lowest BCUT2D eigenvalue weighted by atomic mass is 10.2. The molecule has 1 aliphatic heterocycles. The first-order valence-corrected chi connectivity index (χ1v) is 6.24. The molecule has 1 amide bonds. The fourth-order valence-electron chi connectivity index (χ4n) is 1.59. The Kier molecular flexibility index (Phi) is 4.76. The summed E-state index contributed by atoms with van der Waals surface area (Å²) in [6.45, 7) is 1.77. The Hall–Kier alpha value is -2.57. The third-order valence-electron chi connectivity index (χ3n) is 2.58. The Morgan fingerprint density at radius 1 is 1.38 bits per heavy atom. The average Bonchev–Trinajstić information content (AvgIpc) is 2.48. The highest BCUT2D eigenvalue weighted by molar-refractivity contribution is 5.94. The summed E-state index contributed by atoms with van der Waals surface area (Å²) in [6.07, 6.45) is 1.13. The number of hydrogen-bond donors (Lipinski definition) is 1. The molecule has 0 atom stereocenters. The number of carbonyl (C=O) groups excluding carboxylic acids is 2. The van der Waals surface area contributed by atoms with E-state index in [0.717, 1.165) is 11.8 Å². The van der Waals surface area contributed by atoms with Gasteiger partial charge < -0.3 is 19.5 Å². The van der Waals surface area contributed by atoms with Crippen LogP contribution in [0.2, 0.25) is 0 Å². The molecular weight excluding hydrogens is 281 g/mol. The van der Waals surface area contributed by atoms with Gasteiger partial charge >= 0.3 is 5.97 Å². The topological polar surface area (TPSA) is 73.9 Å². The fourth-order valence-corrected chi connectivity index (χ4v) is 1.59. The highest BCUT2D eigenvalue weighted by atomic mass is 19.1. The van der Waals surface area contributed by atoms with E-state index in [4.69, 9.17) is 14.2 Å². The minimum absolute atomic E-state index is 0.0260. The maximum atomic E-state index is 13.5. The second kappa shape index (κ2) is 6.74. The van der Waals surface area contributed by atoms with Gasteiger partial charge in [0, 0.05) is 0 Å². The van der Waals surface area contributed by atoms with E-state index in [0.29, 0.717) is 6.61 Å². The molecule has 2 rings (SSSR count). The van der Waals surface area contributed by atoms with E-state index in [-0.39, 0.29) is 18.1 Å². The number of ether oxygens (including phenoxy) is 3. The summed E-state index contributed by atoms with van der Waals surface area (Å²) in [4.78, 5) is 23.1. The second-order valence-corrected chi connectivity index (χ2v) is 4.31. The quantitative estimate of drug-likeness (QED) is 0.852. The van der Waals surface area contributed by atoms with Gasteiger partial charge in [0.05, 0.1) is 5.69 Å². The molecule has 0 saturated carbocycles. The van der Waals surface area contributed by atoms with E-state index in [1.807, 2.05) is 0 Å². The van der Waals surface area contributed by atoms with E-state index >= 15 is 0 Å². The van der Waals surface area contributed by atoms with Crippen LogP contribution in [0.3, 0.4) is 0 Å². The molecule has 7 heteroatoms. The number of halogens is 1. The molecule has 0 radical (unpaired) electrons. The molecule has 112 valence electrons. The smallest absolute Gasteiger partial charge is 0.377 e. The standard InChI is InChI=1S/C14H14FNO5/c1-9-2-3-11(10(15)6-9)16-13(17)8-21-14(18)12-7-19-4-5-20-12/h2-3,6-7H,4-5,8H2,1H3,(H,16,17). The Labute approximate surface area is 120 Å². The Morgan fingerprint density at radius 2 is 2.19 bits per heavy atom. The lowest BCUT2D eigenvalue weighted by Gasteiger charge is -2.14. The SMILES string of the molecule is Cc1ccc(NC(=O)COC(=O)C2=COCCO2)c(F)c1. The van der Waals surface area contributed by atoms with E-state index < -0.39 is 24.3 Å². The van der Waals surface area contributed by atoms with E-state index in [1.54, 1.807) is 13.0 Å². The molecule has 0 saturated heterocycles. The van der Waals surface area contributed by atoms with Crippen LogP contribution in [0.4, 0.5) is 10.1 Å². The number of rotatable bonds is 4. The number of benzene rings is 1. The van der Waals surface area contributed by atoms with Crippen molar-refractivity contribution < 1.29 is 28.2 Å². The molecule has 1 aliphatic rings. The van der Waals surface area contributed by atoms with Gasteiger partial charge in [0.2, 0.25) is 5.76 Å². The maximum absolute atomic E-state index is 13.5. The number of aryl methyl sites for hydroxylation is 1. The zero-order valence-corrected chi connectivity index (χ0v) is 11.3. The molecule has 1 aromatic carbocycles. The van der Waals surface area contributed by atoms with E-state index in [2.05, 4.69) is 5.32 Å². The van der Waals surface area contributed by atoms with Gasteiger partial charge in [-0.3, -0.25) is 4.79 Å². The van der Waals surface area contributed by atoms with Gasteiger partial charge in [0.15, 0.2) is 6.61 Å². The summed E-state index contributed by atoms with van der Waals surface area (Å²) in [6, 6.07) is 4.38. The number of nitrogens with one attached hydrogen (secondary N) is 1. The first kappa shape index (κ1) is 14.8. The lowest BCUT2D eigenvalue weighted by molar-refractivity contribution is -0.148. The minimum Gasteiger partial charge on any atom is -0.493 e. The van der Waals surface area contributed by atoms with E-state index in [9.17, 15) is 14.0 Å². The van der Waals surface area contributed by atoms with Crippen LogP contribution in [-0.2, 0) is 23.8 Å². The minimum atomic E-state index is -0.811. The van der Waals surface area contributed by atoms with Crippen molar-refractivity contribution in [1.29, 1.82) is 0 Å². The van der Waals surface area contributed by atoms with Crippen LogP contribution in [0, 0.1) is 12.7 Å². The van der Waals surface area contributed by atoms with Gasteiger partial charge in [0.25, 0.3) is 5.91 Å². The average molecular weight is 295 g/mol. The Balaban J connectivity index is 1.84. The van der Waals surface area contributed by atoms with Crippen molar-refractivity contribution in [3.05, 3.63) is 41.6 Å². The number of amides is 1. The van der Waals surface area contributed by atoms with Crippen LogP contribution in [0.25, 0.3) is 0 Å². The van der Waals surface area contributed by atoms with Crippen LogP contribution >= 0.6 is 0 Å². The van der Waals surface area contributed by atoms with Gasteiger partial charge in [-0.2, -0.15) is 0 Å². The van der Waals surface area contributed by atoms with Crippen molar-refractivity contribution in [2.45, 2.75) is 6.92 Å². The molecule has 1 aromatic rings. The predicted octanol–water partition coefficient (Wildman–Crippen LogP) is 1.50. The van der Waals surface area contributed by atoms with Crippen LogP contribution in [0.5, 0.6) is 0 Å². The molecule has 1 heterocycles. The van der Waals surface area contributed by atoms with Crippen LogP contribution in [0.15, 0.2) is 30.2 Å². The van der Waals surface area contributed by atoms with Crippen LogP contribution in [0.1, 0.15) is 5.56 Å². The van der Waals surface area contributed by atoms with Crippen molar-refractivity contribution in [2.24, 2.45) is 0 Å². The summed E-state index contributed by atoms with van der Waals surface area (Å²) in [5.74, 6) is -2.12. The first-order valence-electron chi connectivity index (χ1n) is 6.24. The summed E-state index contributed by atoms with van der Waals surface area (Å²) < 4.78 is 28.2. The normalized spacial score (nSPS) is 13.5. The first-order chi connectivity index (χ1) is 10.1. The molecular formula is C14H14FNO5. The van der Waals surface area contributed by atoms with Gasteiger partial charge in [-0.25, -0.2) is 9.18 Å². The van der Waals surface area contributed by atoms with E-state index in [1.165, 1.54) is 12.1 Å². The van der Waals surface area contributed by atoms with Crippen LogP contribution < -0.4 is 5.32 Å². The molecule has 6 nitrogen and oxygen atoms in total. The third-order valence-corrected chi connectivity index (χ3v) is 2.58. The predicted molar refractivity (Wildman–Crippen MR) is 70.7 cm³/mol. The van der Waals surface area contributed by atoms with Gasteiger partial charge in [-0.15, -0.1) is 0 Å². The van der Waals surface area contributed by atoms with Crippen molar-refractivity contribution in [3.63, 3.8) is 0 Å². The number of anilines is 1. The fraction of sp³-hybridized carbons (Fsp3) is 0.286. The Bertz CT molecular complexity index is 585. The van der Waals surface area contributed by atoms with Gasteiger partial charge in [0.1, 0.15) is 25.3 Å². The largest absolute Gasteiger partial charge is 0.493 e. The molecule has 0 unspecified atom stereocenters. The van der Waals surface area contributed by atoms with Crippen molar-refractivity contribution >= 4 is 17.6 Å². The second-order valence-electron chi connectivity index (χ2n) is 4.31. The number of esters is 1. The molecule has 0 aliphatic carbocycles. The van der Waals surface area contributed by atoms with Crippen LogP contribution in [-0.4, -0.2) is 31.7 Å². The lowest BCUT2D eigenvalue weighted by Crippen LogP contribution is -2.24. The summed E-state index contributed by atoms with van der Waals surface area (Å²) in [7, 11) is 0. The molecule has 0 bridgehead atoms.